The molecular weight excluding hydrogens is 371 g/mol. The number of benzene rings is 2. The summed E-state index contributed by atoms with van der Waals surface area (Å²) in [6.07, 6.45) is -1.99. The summed E-state index contributed by atoms with van der Waals surface area (Å²) >= 11 is 0. The number of fused-ring (bicyclic) bond motifs is 1. The molecule has 28 heavy (non-hydrogen) atoms. The SMILES string of the molecule is O=C(Nc1ccc2nc(C(F)F)[nH]c2c1)NC1CCN(c2ccccc2F)C1. The highest BCUT2D eigenvalue weighted by atomic mass is 19.3. The highest BCUT2D eigenvalue weighted by Crippen LogP contribution is 2.24. The van der Waals surface area contributed by atoms with Gasteiger partial charge in [0, 0.05) is 24.8 Å². The van der Waals surface area contributed by atoms with E-state index in [0.29, 0.717) is 41.9 Å². The second-order valence-corrected chi connectivity index (χ2v) is 6.64. The Hall–Kier alpha value is -3.23. The van der Waals surface area contributed by atoms with Crippen LogP contribution in [0, 0.1) is 5.82 Å². The zero-order valence-electron chi connectivity index (χ0n) is 14.8. The lowest BCUT2D eigenvalue weighted by molar-refractivity contribution is 0.142. The van der Waals surface area contributed by atoms with Crippen LogP contribution >= 0.6 is 0 Å². The molecular formula is C19H18F3N5O. The molecule has 2 aromatic carbocycles. The molecule has 9 heteroatoms. The highest BCUT2D eigenvalue weighted by molar-refractivity contribution is 5.92. The van der Waals surface area contributed by atoms with Gasteiger partial charge >= 0.3 is 6.03 Å². The zero-order chi connectivity index (χ0) is 19.7. The monoisotopic (exact) mass is 389 g/mol. The van der Waals surface area contributed by atoms with E-state index in [4.69, 9.17) is 0 Å². The smallest absolute Gasteiger partial charge is 0.319 e. The number of nitrogens with one attached hydrogen (secondary N) is 3. The third-order valence-electron chi connectivity index (χ3n) is 4.68. The number of rotatable bonds is 4. The van der Waals surface area contributed by atoms with Crippen molar-refractivity contribution in [2.75, 3.05) is 23.3 Å². The number of nitrogens with zero attached hydrogens (tertiary/aromatic N) is 2. The van der Waals surface area contributed by atoms with Crippen LogP contribution in [0.2, 0.25) is 0 Å². The molecule has 2 amide bonds. The lowest BCUT2D eigenvalue weighted by Gasteiger charge is -2.19. The number of alkyl halides is 2. The zero-order valence-corrected chi connectivity index (χ0v) is 14.8. The first kappa shape index (κ1) is 18.1. The summed E-state index contributed by atoms with van der Waals surface area (Å²) in [6.45, 7) is 1.15. The standard InChI is InChI=1S/C19H18F3N5O/c20-13-3-1-2-4-16(13)27-8-7-12(10-27)24-19(28)23-11-5-6-14-15(9-11)26-18(25-14)17(21)22/h1-6,9,12,17H,7-8,10H2,(H,25,26)(H2,23,24,28). The van der Waals surface area contributed by atoms with Crippen molar-refractivity contribution in [1.29, 1.82) is 0 Å². The molecule has 6 nitrogen and oxygen atoms in total. The number of aromatic nitrogens is 2. The van der Waals surface area contributed by atoms with E-state index in [1.54, 1.807) is 36.4 Å². The number of halogens is 3. The summed E-state index contributed by atoms with van der Waals surface area (Å²) in [5.41, 5.74) is 1.79. The van der Waals surface area contributed by atoms with Gasteiger partial charge in [-0.2, -0.15) is 0 Å². The molecule has 0 aliphatic carbocycles. The Kier molecular flexibility index (Phi) is 4.81. The quantitative estimate of drug-likeness (QED) is 0.631. The van der Waals surface area contributed by atoms with E-state index >= 15 is 0 Å². The van der Waals surface area contributed by atoms with Gasteiger partial charge in [-0.15, -0.1) is 0 Å². The Bertz CT molecular complexity index is 1010. The summed E-state index contributed by atoms with van der Waals surface area (Å²) < 4.78 is 39.3. The van der Waals surface area contributed by atoms with E-state index in [1.807, 2.05) is 4.90 Å². The topological polar surface area (TPSA) is 73.0 Å². The van der Waals surface area contributed by atoms with Crippen molar-refractivity contribution in [2.24, 2.45) is 0 Å². The van der Waals surface area contributed by atoms with Crippen LogP contribution < -0.4 is 15.5 Å². The van der Waals surface area contributed by atoms with Gasteiger partial charge in [-0.05, 0) is 36.8 Å². The molecule has 0 bridgehead atoms. The Morgan fingerprint density at radius 3 is 2.86 bits per heavy atom. The van der Waals surface area contributed by atoms with Crippen LogP contribution in [0.1, 0.15) is 18.7 Å². The van der Waals surface area contributed by atoms with Crippen molar-refractivity contribution >= 4 is 28.4 Å². The van der Waals surface area contributed by atoms with Crippen LogP contribution in [0.3, 0.4) is 0 Å². The van der Waals surface area contributed by atoms with E-state index < -0.39 is 18.3 Å². The van der Waals surface area contributed by atoms with Gasteiger partial charge in [0.2, 0.25) is 0 Å². The number of imidazole rings is 1. The number of urea groups is 1. The molecule has 3 aromatic rings. The molecule has 2 heterocycles. The van der Waals surface area contributed by atoms with Crippen molar-refractivity contribution < 1.29 is 18.0 Å². The number of para-hydroxylation sites is 1. The van der Waals surface area contributed by atoms with Crippen molar-refractivity contribution in [3.63, 3.8) is 0 Å². The van der Waals surface area contributed by atoms with E-state index in [2.05, 4.69) is 20.6 Å². The molecule has 4 rings (SSSR count). The van der Waals surface area contributed by atoms with Crippen molar-refractivity contribution in [2.45, 2.75) is 18.9 Å². The average molecular weight is 389 g/mol. The predicted molar refractivity (Wildman–Crippen MR) is 100 cm³/mol. The second-order valence-electron chi connectivity index (χ2n) is 6.64. The molecule has 1 saturated heterocycles. The maximum Gasteiger partial charge on any atom is 0.319 e. The molecule has 3 N–H and O–H groups in total. The maximum atomic E-state index is 13.9. The minimum absolute atomic E-state index is 0.124. The molecule has 0 saturated carbocycles. The molecule has 0 spiro atoms. The minimum atomic E-state index is -2.69. The molecule has 1 aliphatic rings. The number of carbonyl (C=O) groups excluding carboxylic acids is 1. The lowest BCUT2D eigenvalue weighted by atomic mass is 10.2. The first-order valence-corrected chi connectivity index (χ1v) is 8.84. The number of H-pyrrole nitrogens is 1. The van der Waals surface area contributed by atoms with Gasteiger partial charge in [0.1, 0.15) is 5.82 Å². The number of hydrogen-bond acceptors (Lipinski definition) is 3. The third kappa shape index (κ3) is 3.73. The van der Waals surface area contributed by atoms with E-state index in [1.165, 1.54) is 6.07 Å². The molecule has 1 atom stereocenters. The Morgan fingerprint density at radius 2 is 2.07 bits per heavy atom. The summed E-state index contributed by atoms with van der Waals surface area (Å²) in [5, 5.41) is 5.55. The van der Waals surface area contributed by atoms with Crippen LogP contribution in [0.5, 0.6) is 0 Å². The fourth-order valence-electron chi connectivity index (χ4n) is 3.37. The van der Waals surface area contributed by atoms with Crippen LogP contribution in [0.15, 0.2) is 42.5 Å². The van der Waals surface area contributed by atoms with Crippen molar-refractivity contribution in [3.8, 4) is 0 Å². The van der Waals surface area contributed by atoms with E-state index in [-0.39, 0.29) is 11.9 Å². The molecule has 1 unspecified atom stereocenters. The fraction of sp³-hybridized carbons (Fsp3) is 0.263. The van der Waals surface area contributed by atoms with Gasteiger partial charge in [-0.25, -0.2) is 22.9 Å². The largest absolute Gasteiger partial charge is 0.367 e. The summed E-state index contributed by atoms with van der Waals surface area (Å²) in [6, 6.07) is 10.7. The number of anilines is 2. The Morgan fingerprint density at radius 1 is 1.25 bits per heavy atom. The molecule has 1 fully saturated rings. The molecule has 1 aliphatic heterocycles. The molecule has 0 radical (unpaired) electrons. The van der Waals surface area contributed by atoms with Gasteiger partial charge in [-0.3, -0.25) is 0 Å². The summed E-state index contributed by atoms with van der Waals surface area (Å²) in [5.74, 6) is -0.695. The Balaban J connectivity index is 1.37. The third-order valence-corrected chi connectivity index (χ3v) is 4.68. The number of amides is 2. The summed E-state index contributed by atoms with van der Waals surface area (Å²) in [4.78, 5) is 20.5. The average Bonchev–Trinajstić information content (AvgIpc) is 3.28. The van der Waals surface area contributed by atoms with E-state index in [0.717, 1.165) is 0 Å². The number of aromatic amines is 1. The predicted octanol–water partition coefficient (Wildman–Crippen LogP) is 4.04. The van der Waals surface area contributed by atoms with Gasteiger partial charge in [-0.1, -0.05) is 12.1 Å². The number of carbonyl (C=O) groups is 1. The minimum Gasteiger partial charge on any atom is -0.367 e. The van der Waals surface area contributed by atoms with Crippen LogP contribution in [0.4, 0.5) is 29.3 Å². The molecule has 1 aromatic heterocycles. The maximum absolute atomic E-state index is 13.9. The van der Waals surface area contributed by atoms with Gasteiger partial charge < -0.3 is 20.5 Å². The summed E-state index contributed by atoms with van der Waals surface area (Å²) in [7, 11) is 0. The first-order chi connectivity index (χ1) is 13.5. The van der Waals surface area contributed by atoms with Crippen LogP contribution in [-0.2, 0) is 0 Å². The van der Waals surface area contributed by atoms with Gasteiger partial charge in [0.25, 0.3) is 6.43 Å². The fourth-order valence-corrected chi connectivity index (χ4v) is 3.37. The second kappa shape index (κ2) is 7.41. The molecule has 146 valence electrons. The highest BCUT2D eigenvalue weighted by Gasteiger charge is 2.25. The Labute approximate surface area is 158 Å². The van der Waals surface area contributed by atoms with Crippen LogP contribution in [0.25, 0.3) is 11.0 Å². The number of hydrogen-bond donors (Lipinski definition) is 3. The van der Waals surface area contributed by atoms with Crippen molar-refractivity contribution in [3.05, 3.63) is 54.1 Å². The normalized spacial score (nSPS) is 16.7. The van der Waals surface area contributed by atoms with Crippen LogP contribution in [-0.4, -0.2) is 35.1 Å². The van der Waals surface area contributed by atoms with Crippen molar-refractivity contribution in [1.82, 2.24) is 15.3 Å². The lowest BCUT2D eigenvalue weighted by Crippen LogP contribution is -2.39. The van der Waals surface area contributed by atoms with Gasteiger partial charge in [0.15, 0.2) is 5.82 Å². The first-order valence-electron chi connectivity index (χ1n) is 8.84. The van der Waals surface area contributed by atoms with E-state index in [9.17, 15) is 18.0 Å². The van der Waals surface area contributed by atoms with Gasteiger partial charge in [0.05, 0.1) is 16.7 Å².